The lowest BCUT2D eigenvalue weighted by Gasteiger charge is -2.31. The molecule has 2 aromatic rings. The van der Waals surface area contributed by atoms with E-state index >= 15 is 0 Å². The molecule has 0 saturated heterocycles. The van der Waals surface area contributed by atoms with Gasteiger partial charge in [0.2, 0.25) is 0 Å². The van der Waals surface area contributed by atoms with Crippen molar-refractivity contribution in [1.82, 2.24) is 0 Å². The van der Waals surface area contributed by atoms with Gasteiger partial charge in [-0.3, -0.25) is 14.4 Å². The highest BCUT2D eigenvalue weighted by atomic mass is 35.5. The van der Waals surface area contributed by atoms with E-state index in [1.807, 2.05) is 20.8 Å². The van der Waals surface area contributed by atoms with E-state index < -0.39 is 36.3 Å². The van der Waals surface area contributed by atoms with E-state index in [0.717, 1.165) is 0 Å². The zero-order valence-electron chi connectivity index (χ0n) is 18.1. The Morgan fingerprint density at radius 1 is 1.09 bits per heavy atom. The van der Waals surface area contributed by atoms with Gasteiger partial charge in [-0.2, -0.15) is 0 Å². The average molecular weight is 478 g/mol. The van der Waals surface area contributed by atoms with E-state index in [2.05, 4.69) is 0 Å². The predicted octanol–water partition coefficient (Wildman–Crippen LogP) is 5.29. The summed E-state index contributed by atoms with van der Waals surface area (Å²) in [6.45, 7) is 6.36. The molecular weight excluding hydrogens is 453 g/mol. The largest absolute Gasteiger partial charge is 0.481 e. The van der Waals surface area contributed by atoms with E-state index in [1.54, 1.807) is 47.4 Å². The molecule has 0 aromatic heterocycles. The van der Waals surface area contributed by atoms with E-state index in [-0.39, 0.29) is 11.8 Å². The number of aliphatic carboxylic acids is 1. The molecule has 0 spiro atoms. The van der Waals surface area contributed by atoms with Crippen molar-refractivity contribution in [3.63, 3.8) is 0 Å². The number of fused-ring (bicyclic) bond motifs is 1. The summed E-state index contributed by atoms with van der Waals surface area (Å²) in [5.74, 6) is -2.24. The summed E-state index contributed by atoms with van der Waals surface area (Å²) in [5.41, 5.74) is 1.63. The highest BCUT2D eigenvalue weighted by molar-refractivity contribution is 6.31. The molecule has 170 valence electrons. The summed E-state index contributed by atoms with van der Waals surface area (Å²) in [5, 5.41) is 9.90. The Kier molecular flexibility index (Phi) is 7.28. The number of nitrogens with zero attached hydrogens (tertiary/aromatic N) is 1. The fraction of sp³-hybridized carbons (Fsp3) is 0.375. The van der Waals surface area contributed by atoms with Crippen LogP contribution in [0.15, 0.2) is 42.5 Å². The minimum absolute atomic E-state index is 0.258. The zero-order valence-corrected chi connectivity index (χ0v) is 19.6. The van der Waals surface area contributed by atoms with Crippen molar-refractivity contribution < 1.29 is 24.2 Å². The van der Waals surface area contributed by atoms with Gasteiger partial charge >= 0.3 is 5.97 Å². The Hall–Kier alpha value is -2.41. The quantitative estimate of drug-likeness (QED) is 0.570. The molecule has 0 radical (unpaired) electrons. The molecule has 2 unspecified atom stereocenters. The molecule has 0 bridgehead atoms. The molecule has 8 heteroatoms. The Balaban J connectivity index is 2.16. The standard InChI is InChI=1S/C24H25Cl2NO5/c1-24(2,3)13-27-19-9-8-14(25)10-17(19)22(16-6-4-5-7-18(16)26)32-20(23(27)31)11-15(28)12-21(29)30/h4-10,20,22H,11-13H2,1-3H3,(H,29,30). The maximum Gasteiger partial charge on any atom is 0.310 e. The third-order valence-electron chi connectivity index (χ3n) is 4.99. The Morgan fingerprint density at radius 2 is 1.78 bits per heavy atom. The summed E-state index contributed by atoms with van der Waals surface area (Å²) in [4.78, 5) is 38.5. The number of halogens is 2. The normalized spacial score (nSPS) is 18.8. The Morgan fingerprint density at radius 3 is 2.41 bits per heavy atom. The predicted molar refractivity (Wildman–Crippen MR) is 123 cm³/mol. The van der Waals surface area contributed by atoms with Gasteiger partial charge in [-0.25, -0.2) is 0 Å². The number of carbonyl (C=O) groups is 3. The van der Waals surface area contributed by atoms with Gasteiger partial charge in [0.1, 0.15) is 24.4 Å². The Bertz CT molecular complexity index is 1050. The number of benzene rings is 2. The van der Waals surface area contributed by atoms with E-state index in [9.17, 15) is 14.4 Å². The smallest absolute Gasteiger partial charge is 0.310 e. The zero-order chi connectivity index (χ0) is 23.6. The first-order chi connectivity index (χ1) is 15.0. The lowest BCUT2D eigenvalue weighted by molar-refractivity contribution is -0.143. The summed E-state index contributed by atoms with van der Waals surface area (Å²) in [6, 6.07) is 12.3. The number of amides is 1. The van der Waals surface area contributed by atoms with Crippen molar-refractivity contribution in [2.75, 3.05) is 11.4 Å². The molecule has 1 heterocycles. The highest BCUT2D eigenvalue weighted by Gasteiger charge is 2.39. The van der Waals surface area contributed by atoms with Gasteiger partial charge in [0, 0.05) is 39.8 Å². The fourth-order valence-corrected chi connectivity index (χ4v) is 4.13. The maximum absolute atomic E-state index is 13.6. The third kappa shape index (κ3) is 5.68. The number of anilines is 1. The summed E-state index contributed by atoms with van der Waals surface area (Å²) < 4.78 is 6.22. The van der Waals surface area contributed by atoms with Crippen LogP contribution in [0.1, 0.15) is 50.8 Å². The first-order valence-electron chi connectivity index (χ1n) is 10.2. The molecule has 3 rings (SSSR count). The van der Waals surface area contributed by atoms with Crippen molar-refractivity contribution in [3.8, 4) is 0 Å². The van der Waals surface area contributed by atoms with Crippen LogP contribution < -0.4 is 4.90 Å². The number of hydrogen-bond acceptors (Lipinski definition) is 4. The second-order valence-corrected chi connectivity index (χ2v) is 9.87. The lowest BCUT2D eigenvalue weighted by Crippen LogP contribution is -2.44. The molecule has 32 heavy (non-hydrogen) atoms. The number of ketones is 1. The van der Waals surface area contributed by atoms with Crippen molar-refractivity contribution in [2.45, 2.75) is 45.8 Å². The van der Waals surface area contributed by atoms with Gasteiger partial charge in [-0.15, -0.1) is 0 Å². The summed E-state index contributed by atoms with van der Waals surface area (Å²) in [6.07, 6.45) is -2.97. The first kappa shape index (κ1) is 24.2. The van der Waals surface area contributed by atoms with Crippen LogP contribution >= 0.6 is 23.2 Å². The van der Waals surface area contributed by atoms with Crippen LogP contribution in [0.3, 0.4) is 0 Å². The number of Topliss-reactive ketones (excluding diaryl/α,β-unsaturated/α-hetero) is 1. The van der Waals surface area contributed by atoms with Crippen LogP contribution in [-0.2, 0) is 19.1 Å². The molecule has 0 saturated carbocycles. The minimum Gasteiger partial charge on any atom is -0.481 e. The Labute approximate surface area is 197 Å². The van der Waals surface area contributed by atoms with Crippen molar-refractivity contribution >= 4 is 46.5 Å². The number of carboxylic acid groups (broad SMARTS) is 1. The second kappa shape index (κ2) is 9.61. The van der Waals surface area contributed by atoms with Crippen LogP contribution in [0.5, 0.6) is 0 Å². The minimum atomic E-state index is -1.25. The van der Waals surface area contributed by atoms with Gasteiger partial charge in [-0.05, 0) is 29.7 Å². The van der Waals surface area contributed by atoms with Gasteiger partial charge in [-0.1, -0.05) is 62.2 Å². The number of carboxylic acids is 1. The number of ether oxygens (including phenoxy) is 1. The van der Waals surface area contributed by atoms with E-state index in [4.69, 9.17) is 33.0 Å². The second-order valence-electron chi connectivity index (χ2n) is 9.03. The third-order valence-corrected chi connectivity index (χ3v) is 5.57. The van der Waals surface area contributed by atoms with Crippen LogP contribution in [-0.4, -0.2) is 35.4 Å². The van der Waals surface area contributed by atoms with Crippen LogP contribution in [0.4, 0.5) is 5.69 Å². The van der Waals surface area contributed by atoms with Crippen LogP contribution in [0.2, 0.25) is 10.0 Å². The van der Waals surface area contributed by atoms with Crippen LogP contribution in [0, 0.1) is 5.41 Å². The first-order valence-corrected chi connectivity index (χ1v) is 11.0. The monoisotopic (exact) mass is 477 g/mol. The fourth-order valence-electron chi connectivity index (χ4n) is 3.72. The topological polar surface area (TPSA) is 83.9 Å². The number of carbonyl (C=O) groups excluding carboxylic acids is 2. The van der Waals surface area contributed by atoms with Gasteiger partial charge in [0.15, 0.2) is 0 Å². The van der Waals surface area contributed by atoms with Crippen molar-refractivity contribution in [3.05, 3.63) is 63.6 Å². The average Bonchev–Trinajstić information content (AvgIpc) is 2.77. The molecule has 2 atom stereocenters. The van der Waals surface area contributed by atoms with Gasteiger partial charge < -0.3 is 14.7 Å². The van der Waals surface area contributed by atoms with Crippen molar-refractivity contribution in [1.29, 1.82) is 0 Å². The maximum atomic E-state index is 13.6. The van der Waals surface area contributed by atoms with Gasteiger partial charge in [0.25, 0.3) is 5.91 Å². The molecule has 0 fully saturated rings. The molecule has 1 N–H and O–H groups in total. The molecule has 1 amide bonds. The molecule has 1 aliphatic rings. The molecule has 1 aliphatic heterocycles. The van der Waals surface area contributed by atoms with E-state index in [0.29, 0.717) is 33.4 Å². The summed E-state index contributed by atoms with van der Waals surface area (Å²) >= 11 is 12.8. The SMILES string of the molecule is CC(C)(C)CN1C(=O)C(CC(=O)CC(=O)O)OC(c2ccccc2Cl)c2cc(Cl)ccc21. The van der Waals surface area contributed by atoms with E-state index in [1.165, 1.54) is 0 Å². The summed E-state index contributed by atoms with van der Waals surface area (Å²) in [7, 11) is 0. The number of rotatable bonds is 6. The molecule has 2 aromatic carbocycles. The highest BCUT2D eigenvalue weighted by Crippen LogP contribution is 2.42. The molecule has 0 aliphatic carbocycles. The van der Waals surface area contributed by atoms with Crippen molar-refractivity contribution in [2.24, 2.45) is 5.41 Å². The molecule has 6 nitrogen and oxygen atoms in total. The lowest BCUT2D eigenvalue weighted by atomic mass is 9.94. The molecular formula is C24H25Cl2NO5. The van der Waals surface area contributed by atoms with Crippen LogP contribution in [0.25, 0.3) is 0 Å². The number of hydrogen-bond donors (Lipinski definition) is 1. The van der Waals surface area contributed by atoms with Gasteiger partial charge in [0.05, 0.1) is 0 Å².